The lowest BCUT2D eigenvalue weighted by atomic mass is 9.86. The standard InChI is InChI=1S/C19H32O3/c1-3-5-7-8-9-10-11-12-13-15-17-16(14-6-4-2)18(20)22-19(17)21/h3,16-17H,1,4-15H2,2H3. The number of carbonyl (C=O) groups is 2. The van der Waals surface area contributed by atoms with Gasteiger partial charge in [0.15, 0.2) is 0 Å². The van der Waals surface area contributed by atoms with Crippen molar-refractivity contribution in [3.05, 3.63) is 12.7 Å². The molecular formula is C19H32O3. The monoisotopic (exact) mass is 308 g/mol. The second-order valence-electron chi connectivity index (χ2n) is 6.44. The van der Waals surface area contributed by atoms with Gasteiger partial charge in [-0.25, -0.2) is 0 Å². The van der Waals surface area contributed by atoms with Crippen LogP contribution in [0, 0.1) is 11.8 Å². The highest BCUT2D eigenvalue weighted by Gasteiger charge is 2.42. The van der Waals surface area contributed by atoms with Gasteiger partial charge < -0.3 is 4.74 Å². The maximum Gasteiger partial charge on any atom is 0.317 e. The predicted octanol–water partition coefficient (Wildman–Crippen LogP) is 5.19. The Morgan fingerprint density at radius 1 is 0.864 bits per heavy atom. The topological polar surface area (TPSA) is 43.4 Å². The van der Waals surface area contributed by atoms with Crippen LogP contribution < -0.4 is 0 Å². The maximum atomic E-state index is 11.8. The zero-order valence-electron chi connectivity index (χ0n) is 14.1. The Morgan fingerprint density at radius 3 is 1.91 bits per heavy atom. The van der Waals surface area contributed by atoms with Gasteiger partial charge in [0, 0.05) is 0 Å². The minimum atomic E-state index is -0.286. The SMILES string of the molecule is C=CCCCCCCCCCC1C(=O)OC(=O)C1CCCC. The summed E-state index contributed by atoms with van der Waals surface area (Å²) < 4.78 is 4.83. The normalized spacial score (nSPS) is 21.1. The number of rotatable bonds is 13. The van der Waals surface area contributed by atoms with E-state index in [4.69, 9.17) is 4.74 Å². The Balaban J connectivity index is 2.12. The van der Waals surface area contributed by atoms with Gasteiger partial charge in [0.1, 0.15) is 0 Å². The third-order valence-corrected chi connectivity index (χ3v) is 4.58. The van der Waals surface area contributed by atoms with Crippen molar-refractivity contribution >= 4 is 11.9 Å². The van der Waals surface area contributed by atoms with E-state index in [1.165, 1.54) is 32.1 Å². The molecule has 1 fully saturated rings. The molecule has 0 aromatic heterocycles. The van der Waals surface area contributed by atoms with Crippen LogP contribution in [0.3, 0.4) is 0 Å². The molecule has 0 bridgehead atoms. The number of esters is 2. The van der Waals surface area contributed by atoms with E-state index in [-0.39, 0.29) is 23.8 Å². The van der Waals surface area contributed by atoms with Crippen LogP contribution in [-0.2, 0) is 14.3 Å². The summed E-state index contributed by atoms with van der Waals surface area (Å²) in [6.07, 6.45) is 15.3. The van der Waals surface area contributed by atoms with E-state index in [1.54, 1.807) is 0 Å². The highest BCUT2D eigenvalue weighted by molar-refractivity contribution is 5.96. The van der Waals surface area contributed by atoms with Crippen molar-refractivity contribution < 1.29 is 14.3 Å². The molecule has 3 heteroatoms. The van der Waals surface area contributed by atoms with Gasteiger partial charge in [-0.15, -0.1) is 6.58 Å². The molecule has 0 N–H and O–H groups in total. The molecule has 2 atom stereocenters. The minimum Gasteiger partial charge on any atom is -0.393 e. The number of ether oxygens (including phenoxy) is 1. The first-order valence-electron chi connectivity index (χ1n) is 9.07. The van der Waals surface area contributed by atoms with E-state index in [0.717, 1.165) is 44.9 Å². The van der Waals surface area contributed by atoms with Gasteiger partial charge in [0.25, 0.3) is 0 Å². The summed E-state index contributed by atoms with van der Waals surface area (Å²) >= 11 is 0. The lowest BCUT2D eigenvalue weighted by Gasteiger charge is -2.12. The largest absolute Gasteiger partial charge is 0.393 e. The number of unbranched alkanes of at least 4 members (excludes halogenated alkanes) is 8. The molecule has 0 spiro atoms. The Kier molecular flexibility index (Phi) is 9.85. The molecule has 1 rings (SSSR count). The van der Waals surface area contributed by atoms with E-state index in [0.29, 0.717) is 0 Å². The average Bonchev–Trinajstić information content (AvgIpc) is 2.77. The van der Waals surface area contributed by atoms with Crippen LogP contribution in [0.15, 0.2) is 12.7 Å². The van der Waals surface area contributed by atoms with Gasteiger partial charge in [-0.05, 0) is 25.7 Å². The van der Waals surface area contributed by atoms with E-state index in [9.17, 15) is 9.59 Å². The number of carbonyl (C=O) groups excluding carboxylic acids is 2. The zero-order valence-corrected chi connectivity index (χ0v) is 14.1. The van der Waals surface area contributed by atoms with E-state index >= 15 is 0 Å². The fourth-order valence-electron chi connectivity index (χ4n) is 3.18. The van der Waals surface area contributed by atoms with E-state index in [2.05, 4.69) is 13.5 Å². The summed E-state index contributed by atoms with van der Waals surface area (Å²) in [4.78, 5) is 23.5. The lowest BCUT2D eigenvalue weighted by molar-refractivity contribution is -0.153. The van der Waals surface area contributed by atoms with Crippen molar-refractivity contribution in [3.63, 3.8) is 0 Å². The summed E-state index contributed by atoms with van der Waals surface area (Å²) in [7, 11) is 0. The fourth-order valence-corrected chi connectivity index (χ4v) is 3.18. The summed E-state index contributed by atoms with van der Waals surface area (Å²) in [6, 6.07) is 0. The average molecular weight is 308 g/mol. The maximum absolute atomic E-state index is 11.8. The summed E-state index contributed by atoms with van der Waals surface area (Å²) in [5, 5.41) is 0. The van der Waals surface area contributed by atoms with Crippen LogP contribution in [-0.4, -0.2) is 11.9 Å². The molecule has 0 aliphatic carbocycles. The van der Waals surface area contributed by atoms with Gasteiger partial charge in [0.2, 0.25) is 0 Å². The molecule has 1 saturated heterocycles. The minimum absolute atomic E-state index is 0.174. The Labute approximate surface area is 135 Å². The van der Waals surface area contributed by atoms with Crippen LogP contribution in [0.5, 0.6) is 0 Å². The second kappa shape index (κ2) is 11.4. The first kappa shape index (κ1) is 18.9. The third kappa shape index (κ3) is 6.76. The molecule has 2 unspecified atom stereocenters. The molecule has 1 aliphatic rings. The lowest BCUT2D eigenvalue weighted by Crippen LogP contribution is -2.17. The second-order valence-corrected chi connectivity index (χ2v) is 6.44. The van der Waals surface area contributed by atoms with Crippen LogP contribution >= 0.6 is 0 Å². The third-order valence-electron chi connectivity index (χ3n) is 4.58. The molecule has 0 amide bonds. The number of hydrogen-bond donors (Lipinski definition) is 0. The summed E-state index contributed by atoms with van der Waals surface area (Å²) in [5.41, 5.74) is 0. The van der Waals surface area contributed by atoms with Crippen LogP contribution in [0.1, 0.15) is 84.0 Å². The van der Waals surface area contributed by atoms with Crippen molar-refractivity contribution in [1.29, 1.82) is 0 Å². The molecule has 22 heavy (non-hydrogen) atoms. The highest BCUT2D eigenvalue weighted by Crippen LogP contribution is 2.32. The fraction of sp³-hybridized carbons (Fsp3) is 0.789. The quantitative estimate of drug-likeness (QED) is 0.203. The first-order valence-corrected chi connectivity index (χ1v) is 9.07. The Morgan fingerprint density at radius 2 is 1.36 bits per heavy atom. The van der Waals surface area contributed by atoms with Gasteiger partial charge in [0.05, 0.1) is 11.8 Å². The van der Waals surface area contributed by atoms with Crippen molar-refractivity contribution in [2.24, 2.45) is 11.8 Å². The molecule has 1 heterocycles. The Hall–Kier alpha value is -1.12. The molecular weight excluding hydrogens is 276 g/mol. The highest BCUT2D eigenvalue weighted by atomic mass is 16.6. The van der Waals surface area contributed by atoms with Crippen molar-refractivity contribution in [1.82, 2.24) is 0 Å². The number of hydrogen-bond acceptors (Lipinski definition) is 3. The first-order chi connectivity index (χ1) is 10.7. The van der Waals surface area contributed by atoms with Crippen LogP contribution in [0.4, 0.5) is 0 Å². The molecule has 3 nitrogen and oxygen atoms in total. The summed E-state index contributed by atoms with van der Waals surface area (Å²) in [5.74, 6) is -0.917. The van der Waals surface area contributed by atoms with Gasteiger partial charge in [-0.2, -0.15) is 0 Å². The van der Waals surface area contributed by atoms with Crippen LogP contribution in [0.2, 0.25) is 0 Å². The molecule has 0 aromatic carbocycles. The van der Waals surface area contributed by atoms with Crippen molar-refractivity contribution in [3.8, 4) is 0 Å². The van der Waals surface area contributed by atoms with Gasteiger partial charge in [-0.1, -0.05) is 64.4 Å². The van der Waals surface area contributed by atoms with Crippen molar-refractivity contribution in [2.75, 3.05) is 0 Å². The smallest absolute Gasteiger partial charge is 0.317 e. The molecule has 0 aromatic rings. The molecule has 0 saturated carbocycles. The molecule has 1 aliphatic heterocycles. The number of cyclic esters (lactones) is 2. The predicted molar refractivity (Wildman–Crippen MR) is 89.4 cm³/mol. The van der Waals surface area contributed by atoms with E-state index < -0.39 is 0 Å². The molecule has 0 radical (unpaired) electrons. The van der Waals surface area contributed by atoms with E-state index in [1.807, 2.05) is 6.08 Å². The molecule has 126 valence electrons. The van der Waals surface area contributed by atoms with Crippen LogP contribution in [0.25, 0.3) is 0 Å². The van der Waals surface area contributed by atoms with Gasteiger partial charge in [-0.3, -0.25) is 9.59 Å². The Bertz CT molecular complexity index is 349. The zero-order chi connectivity index (χ0) is 16.2. The number of allylic oxidation sites excluding steroid dienone is 1. The summed E-state index contributed by atoms with van der Waals surface area (Å²) in [6.45, 7) is 5.83. The van der Waals surface area contributed by atoms with Gasteiger partial charge >= 0.3 is 11.9 Å². The van der Waals surface area contributed by atoms with Crippen molar-refractivity contribution in [2.45, 2.75) is 84.0 Å².